The van der Waals surface area contributed by atoms with Crippen molar-refractivity contribution < 1.29 is 9.90 Å². The molecule has 2 aromatic carbocycles. The van der Waals surface area contributed by atoms with Crippen molar-refractivity contribution in [1.82, 2.24) is 0 Å². The lowest BCUT2D eigenvalue weighted by Gasteiger charge is -2.12. The third kappa shape index (κ3) is 2.88. The fourth-order valence-corrected chi connectivity index (χ4v) is 3.23. The standard InChI is InChI=1S/C18H14O2S/c19-18(20)17(16-7-4-12-21-16)15-10-8-14(9-11-15)13-5-2-1-3-6-13/h1-12,17H,(H,19,20). The molecule has 0 spiro atoms. The van der Waals surface area contributed by atoms with Crippen LogP contribution in [-0.4, -0.2) is 11.1 Å². The van der Waals surface area contributed by atoms with Crippen LogP contribution in [0.25, 0.3) is 11.1 Å². The molecule has 1 heterocycles. The van der Waals surface area contributed by atoms with Gasteiger partial charge in [0.15, 0.2) is 0 Å². The van der Waals surface area contributed by atoms with Crippen molar-refractivity contribution >= 4 is 17.3 Å². The number of hydrogen-bond acceptors (Lipinski definition) is 2. The summed E-state index contributed by atoms with van der Waals surface area (Å²) in [6, 6.07) is 21.6. The van der Waals surface area contributed by atoms with Crippen molar-refractivity contribution in [3.05, 3.63) is 82.6 Å². The molecule has 0 aliphatic heterocycles. The number of carboxylic acids is 1. The highest BCUT2D eigenvalue weighted by molar-refractivity contribution is 7.10. The van der Waals surface area contributed by atoms with E-state index in [1.54, 1.807) is 0 Å². The van der Waals surface area contributed by atoms with Crippen molar-refractivity contribution in [3.8, 4) is 11.1 Å². The zero-order valence-corrected chi connectivity index (χ0v) is 12.1. The Bertz CT molecular complexity index is 716. The minimum Gasteiger partial charge on any atom is -0.481 e. The van der Waals surface area contributed by atoms with E-state index in [1.165, 1.54) is 11.3 Å². The van der Waals surface area contributed by atoms with Crippen molar-refractivity contribution in [2.24, 2.45) is 0 Å². The summed E-state index contributed by atoms with van der Waals surface area (Å²) in [5, 5.41) is 11.4. The summed E-state index contributed by atoms with van der Waals surface area (Å²) in [5.74, 6) is -1.40. The lowest BCUT2D eigenvalue weighted by atomic mass is 9.95. The molecule has 0 aliphatic rings. The Labute approximate surface area is 127 Å². The summed E-state index contributed by atoms with van der Waals surface area (Å²) in [4.78, 5) is 12.4. The monoisotopic (exact) mass is 294 g/mol. The average Bonchev–Trinajstić information content (AvgIpc) is 3.03. The van der Waals surface area contributed by atoms with Gasteiger partial charge in [0, 0.05) is 4.88 Å². The third-order valence-corrected chi connectivity index (χ3v) is 4.36. The lowest BCUT2D eigenvalue weighted by Crippen LogP contribution is -2.11. The molecule has 0 amide bonds. The molecule has 1 aromatic heterocycles. The van der Waals surface area contributed by atoms with Crippen LogP contribution in [0.5, 0.6) is 0 Å². The lowest BCUT2D eigenvalue weighted by molar-refractivity contribution is -0.137. The van der Waals surface area contributed by atoms with Gasteiger partial charge in [0.1, 0.15) is 5.92 Å². The molecule has 1 unspecified atom stereocenters. The van der Waals surface area contributed by atoms with Gasteiger partial charge in [-0.25, -0.2) is 0 Å². The molecule has 3 rings (SSSR count). The minimum atomic E-state index is -0.815. The second kappa shape index (κ2) is 5.94. The Hall–Kier alpha value is -2.39. The molecular formula is C18H14O2S. The number of hydrogen-bond donors (Lipinski definition) is 1. The first-order chi connectivity index (χ1) is 10.3. The first-order valence-electron chi connectivity index (χ1n) is 6.67. The van der Waals surface area contributed by atoms with Gasteiger partial charge in [-0.15, -0.1) is 11.3 Å². The molecule has 0 fully saturated rings. The van der Waals surface area contributed by atoms with Crippen LogP contribution in [-0.2, 0) is 4.79 Å². The summed E-state index contributed by atoms with van der Waals surface area (Å²) in [6.45, 7) is 0. The predicted molar refractivity (Wildman–Crippen MR) is 85.7 cm³/mol. The Morgan fingerprint density at radius 3 is 2.10 bits per heavy atom. The van der Waals surface area contributed by atoms with E-state index in [1.807, 2.05) is 72.1 Å². The molecule has 3 heteroatoms. The quantitative estimate of drug-likeness (QED) is 0.761. The Morgan fingerprint density at radius 1 is 0.857 bits per heavy atom. The summed E-state index contributed by atoms with van der Waals surface area (Å²) >= 11 is 1.47. The van der Waals surface area contributed by atoms with Gasteiger partial charge in [-0.05, 0) is 28.1 Å². The van der Waals surface area contributed by atoms with E-state index >= 15 is 0 Å². The van der Waals surface area contributed by atoms with Gasteiger partial charge in [0.05, 0.1) is 0 Å². The number of rotatable bonds is 4. The van der Waals surface area contributed by atoms with Crippen LogP contribution in [0, 0.1) is 0 Å². The van der Waals surface area contributed by atoms with Gasteiger partial charge in [-0.1, -0.05) is 60.7 Å². The van der Waals surface area contributed by atoms with Gasteiger partial charge in [0.2, 0.25) is 0 Å². The van der Waals surface area contributed by atoms with Crippen LogP contribution in [0.2, 0.25) is 0 Å². The Balaban J connectivity index is 1.94. The van der Waals surface area contributed by atoms with Crippen molar-refractivity contribution in [3.63, 3.8) is 0 Å². The first-order valence-corrected chi connectivity index (χ1v) is 7.55. The molecular weight excluding hydrogens is 280 g/mol. The zero-order valence-electron chi connectivity index (χ0n) is 11.3. The number of thiophene rings is 1. The maximum Gasteiger partial charge on any atom is 0.316 e. The van der Waals surface area contributed by atoms with E-state index in [-0.39, 0.29) is 0 Å². The van der Waals surface area contributed by atoms with Crippen LogP contribution >= 0.6 is 11.3 Å². The number of benzene rings is 2. The second-order valence-electron chi connectivity index (χ2n) is 4.77. The molecule has 2 nitrogen and oxygen atoms in total. The normalized spacial score (nSPS) is 12.0. The molecule has 21 heavy (non-hydrogen) atoms. The smallest absolute Gasteiger partial charge is 0.316 e. The van der Waals surface area contributed by atoms with Crippen LogP contribution in [0.4, 0.5) is 0 Å². The summed E-state index contributed by atoms with van der Waals surface area (Å²) in [5.41, 5.74) is 3.03. The first kappa shape index (κ1) is 13.6. The fourth-order valence-electron chi connectivity index (χ4n) is 2.38. The highest BCUT2D eigenvalue weighted by Crippen LogP contribution is 2.30. The van der Waals surface area contributed by atoms with E-state index in [0.717, 1.165) is 21.6 Å². The molecule has 0 saturated carbocycles. The number of aliphatic carboxylic acids is 1. The molecule has 0 bridgehead atoms. The molecule has 0 radical (unpaired) electrons. The fraction of sp³-hybridized carbons (Fsp3) is 0.0556. The summed E-state index contributed by atoms with van der Waals surface area (Å²) in [6.07, 6.45) is 0. The maximum absolute atomic E-state index is 11.6. The van der Waals surface area contributed by atoms with Gasteiger partial charge >= 0.3 is 5.97 Å². The predicted octanol–water partition coefficient (Wildman–Crippen LogP) is 4.63. The number of carboxylic acid groups (broad SMARTS) is 1. The van der Waals surface area contributed by atoms with Crippen molar-refractivity contribution in [2.45, 2.75) is 5.92 Å². The highest BCUT2D eigenvalue weighted by atomic mass is 32.1. The van der Waals surface area contributed by atoms with Gasteiger partial charge in [0.25, 0.3) is 0 Å². The van der Waals surface area contributed by atoms with Crippen LogP contribution in [0.1, 0.15) is 16.4 Å². The van der Waals surface area contributed by atoms with Gasteiger partial charge < -0.3 is 5.11 Å². The van der Waals surface area contributed by atoms with Gasteiger partial charge in [-0.3, -0.25) is 4.79 Å². The minimum absolute atomic E-state index is 0.588. The maximum atomic E-state index is 11.6. The topological polar surface area (TPSA) is 37.3 Å². The third-order valence-electron chi connectivity index (χ3n) is 3.43. The Kier molecular flexibility index (Phi) is 3.84. The van der Waals surface area contributed by atoms with E-state index in [2.05, 4.69) is 0 Å². The van der Waals surface area contributed by atoms with Crippen LogP contribution in [0.3, 0.4) is 0 Å². The van der Waals surface area contributed by atoms with Gasteiger partial charge in [-0.2, -0.15) is 0 Å². The summed E-state index contributed by atoms with van der Waals surface area (Å²) < 4.78 is 0. The SMILES string of the molecule is O=C(O)C(c1ccc(-c2ccccc2)cc1)c1cccs1. The molecule has 104 valence electrons. The Morgan fingerprint density at radius 2 is 1.52 bits per heavy atom. The van der Waals surface area contributed by atoms with E-state index in [4.69, 9.17) is 0 Å². The van der Waals surface area contributed by atoms with Crippen LogP contribution in [0.15, 0.2) is 72.1 Å². The molecule has 1 N–H and O–H groups in total. The zero-order chi connectivity index (χ0) is 14.7. The average molecular weight is 294 g/mol. The van der Waals surface area contributed by atoms with Crippen LogP contribution < -0.4 is 0 Å². The molecule has 3 aromatic rings. The van der Waals surface area contributed by atoms with E-state index in [0.29, 0.717) is 0 Å². The largest absolute Gasteiger partial charge is 0.481 e. The molecule has 0 aliphatic carbocycles. The van der Waals surface area contributed by atoms with Crippen molar-refractivity contribution in [2.75, 3.05) is 0 Å². The summed E-state index contributed by atoms with van der Waals surface area (Å²) in [7, 11) is 0. The van der Waals surface area contributed by atoms with Crippen molar-refractivity contribution in [1.29, 1.82) is 0 Å². The highest BCUT2D eigenvalue weighted by Gasteiger charge is 2.22. The molecule has 0 saturated heterocycles. The second-order valence-corrected chi connectivity index (χ2v) is 5.75. The molecule has 1 atom stereocenters. The number of carbonyl (C=O) groups is 1. The van der Waals surface area contributed by atoms with E-state index < -0.39 is 11.9 Å². The van der Waals surface area contributed by atoms with E-state index in [9.17, 15) is 9.90 Å².